The minimum absolute atomic E-state index is 0.0250. The average molecular weight is 592 g/mol. The molecule has 0 atom stereocenters. The van der Waals surface area contributed by atoms with E-state index in [0.717, 1.165) is 13.1 Å². The molecule has 4 rings (SSSR count). The molecule has 0 radical (unpaired) electrons. The summed E-state index contributed by atoms with van der Waals surface area (Å²) < 4.78 is 80.5. The fourth-order valence-corrected chi connectivity index (χ4v) is 5.25. The maximum atomic E-state index is 13.6. The van der Waals surface area contributed by atoms with E-state index in [2.05, 4.69) is 31.3 Å². The van der Waals surface area contributed by atoms with Gasteiger partial charge in [-0.15, -0.1) is 11.3 Å². The Kier molecular flexibility index (Phi) is 6.33. The quantitative estimate of drug-likeness (QED) is 0.291. The van der Waals surface area contributed by atoms with E-state index in [4.69, 9.17) is 5.73 Å². The van der Waals surface area contributed by atoms with Crippen LogP contribution in [0, 0.1) is 0 Å². The molecule has 4 aromatic rings. The summed E-state index contributed by atoms with van der Waals surface area (Å²) >= 11 is 3.24. The maximum Gasteiger partial charge on any atom is 0.434 e. The molecule has 0 saturated carbocycles. The summed E-state index contributed by atoms with van der Waals surface area (Å²) in [5.41, 5.74) is 2.25. The van der Waals surface area contributed by atoms with Gasteiger partial charge in [-0.25, -0.2) is 4.98 Å². The molecule has 0 unspecified atom stereocenters. The predicted molar refractivity (Wildman–Crippen MR) is 122 cm³/mol. The molecule has 3 heterocycles. The Balaban J connectivity index is 1.95. The van der Waals surface area contributed by atoms with Gasteiger partial charge in [0.15, 0.2) is 11.4 Å². The number of aryl methyl sites for hydroxylation is 1. The minimum Gasteiger partial charge on any atom is -0.365 e. The average Bonchev–Trinajstić information content (AvgIpc) is 3.29. The number of alkyl halides is 6. The number of hydrogen-bond donors (Lipinski definition) is 2. The summed E-state index contributed by atoms with van der Waals surface area (Å²) in [6, 6.07) is 8.54. The first-order chi connectivity index (χ1) is 16.7. The van der Waals surface area contributed by atoms with Crippen LogP contribution in [-0.2, 0) is 19.4 Å². The second kappa shape index (κ2) is 8.89. The standard InChI is InChI=1S/C21H12BrF6N5O2S/c1-33-16(21(26,27)28)12(22)14(32-33)18(35)31-13-11-9(8-5-3-2-4-6-8)7-10(20(23,24)25)30-19(11)36-15(13)17(29)34/h2-7H,1H3,(H2,29,34)(H,31,35). The normalized spacial score (nSPS) is 12.2. The number of nitrogens with two attached hydrogens (primary N) is 1. The van der Waals surface area contributed by atoms with Crippen LogP contribution in [0.2, 0.25) is 0 Å². The zero-order chi connectivity index (χ0) is 26.6. The Morgan fingerprint density at radius 2 is 1.72 bits per heavy atom. The Bertz CT molecular complexity index is 1510. The van der Waals surface area contributed by atoms with Gasteiger partial charge in [-0.1, -0.05) is 30.3 Å². The molecule has 0 aliphatic heterocycles. The lowest BCUT2D eigenvalue weighted by atomic mass is 10.0. The molecule has 0 saturated heterocycles. The number of halogens is 7. The molecule has 0 spiro atoms. The van der Waals surface area contributed by atoms with E-state index in [-0.39, 0.29) is 26.3 Å². The molecule has 7 nitrogen and oxygen atoms in total. The molecule has 1 aromatic carbocycles. The Labute approximate surface area is 210 Å². The molecule has 15 heteroatoms. The van der Waals surface area contributed by atoms with E-state index in [9.17, 15) is 35.9 Å². The number of anilines is 1. The van der Waals surface area contributed by atoms with Crippen molar-refractivity contribution in [3.8, 4) is 11.1 Å². The molecule has 0 fully saturated rings. The van der Waals surface area contributed by atoms with Gasteiger partial charge in [0.05, 0.1) is 10.2 Å². The number of nitrogens with zero attached hydrogens (tertiary/aromatic N) is 3. The topological polar surface area (TPSA) is 103 Å². The van der Waals surface area contributed by atoms with Crippen molar-refractivity contribution in [2.75, 3.05) is 5.32 Å². The third-order valence-electron chi connectivity index (χ3n) is 4.97. The Hall–Kier alpha value is -3.46. The van der Waals surface area contributed by atoms with Gasteiger partial charge in [-0.3, -0.25) is 14.3 Å². The molecular formula is C21H12BrF6N5O2S. The number of hydrogen-bond acceptors (Lipinski definition) is 5. The lowest BCUT2D eigenvalue weighted by Crippen LogP contribution is -2.17. The first kappa shape index (κ1) is 25.6. The Morgan fingerprint density at radius 1 is 1.08 bits per heavy atom. The molecule has 0 aliphatic carbocycles. The number of nitrogens with one attached hydrogen (secondary N) is 1. The van der Waals surface area contributed by atoms with E-state index < -0.39 is 45.7 Å². The van der Waals surface area contributed by atoms with E-state index in [1.54, 1.807) is 18.2 Å². The fraction of sp³-hybridized carbons (Fsp3) is 0.143. The summed E-state index contributed by atoms with van der Waals surface area (Å²) in [6.07, 6.45) is -9.67. The summed E-state index contributed by atoms with van der Waals surface area (Å²) in [4.78, 5) is 28.1. The highest BCUT2D eigenvalue weighted by molar-refractivity contribution is 9.10. The molecule has 36 heavy (non-hydrogen) atoms. The SMILES string of the molecule is Cn1nc(C(=O)Nc2c(C(N)=O)sc3nc(C(F)(F)F)cc(-c4ccccc4)c23)c(Br)c1C(F)(F)F. The van der Waals surface area contributed by atoms with Crippen molar-refractivity contribution in [2.24, 2.45) is 12.8 Å². The van der Waals surface area contributed by atoms with Gasteiger partial charge in [0, 0.05) is 12.4 Å². The molecule has 188 valence electrons. The van der Waals surface area contributed by atoms with Crippen molar-refractivity contribution in [3.63, 3.8) is 0 Å². The molecule has 0 bridgehead atoms. The minimum atomic E-state index is -4.84. The van der Waals surface area contributed by atoms with Crippen molar-refractivity contribution >= 4 is 55.0 Å². The van der Waals surface area contributed by atoms with Crippen LogP contribution in [0.1, 0.15) is 31.5 Å². The van der Waals surface area contributed by atoms with Crippen molar-refractivity contribution in [2.45, 2.75) is 12.4 Å². The number of fused-ring (bicyclic) bond motifs is 1. The van der Waals surface area contributed by atoms with Crippen molar-refractivity contribution in [1.82, 2.24) is 14.8 Å². The third-order valence-corrected chi connectivity index (χ3v) is 6.82. The number of carbonyl (C=O) groups excluding carboxylic acids is 2. The van der Waals surface area contributed by atoms with Crippen LogP contribution in [-0.4, -0.2) is 26.6 Å². The van der Waals surface area contributed by atoms with E-state index in [0.29, 0.717) is 21.6 Å². The smallest absolute Gasteiger partial charge is 0.365 e. The first-order valence-corrected chi connectivity index (χ1v) is 11.3. The highest BCUT2D eigenvalue weighted by Gasteiger charge is 2.40. The number of amides is 2. The summed E-state index contributed by atoms with van der Waals surface area (Å²) in [5.74, 6) is -2.24. The number of carbonyl (C=O) groups is 2. The number of primary amides is 1. The van der Waals surface area contributed by atoms with Gasteiger partial charge in [-0.2, -0.15) is 31.4 Å². The first-order valence-electron chi connectivity index (χ1n) is 9.71. The monoisotopic (exact) mass is 591 g/mol. The Morgan fingerprint density at radius 3 is 2.25 bits per heavy atom. The summed E-state index contributed by atoms with van der Waals surface area (Å²) in [5, 5.41) is 5.87. The molecular weight excluding hydrogens is 580 g/mol. The van der Waals surface area contributed by atoms with Crippen LogP contribution < -0.4 is 11.1 Å². The summed E-state index contributed by atoms with van der Waals surface area (Å²) in [7, 11) is 0.981. The fourth-order valence-electron chi connectivity index (χ4n) is 3.51. The van der Waals surface area contributed by atoms with Crippen LogP contribution >= 0.6 is 27.3 Å². The number of aromatic nitrogens is 3. The van der Waals surface area contributed by atoms with Crippen LogP contribution in [0.5, 0.6) is 0 Å². The van der Waals surface area contributed by atoms with E-state index in [1.807, 2.05) is 0 Å². The molecule has 3 aromatic heterocycles. The van der Waals surface area contributed by atoms with Crippen molar-refractivity contribution < 1.29 is 35.9 Å². The predicted octanol–water partition coefficient (Wildman–Crippen LogP) is 5.85. The summed E-state index contributed by atoms with van der Waals surface area (Å²) in [6.45, 7) is 0. The highest BCUT2D eigenvalue weighted by Crippen LogP contribution is 2.44. The lowest BCUT2D eigenvalue weighted by Gasteiger charge is -2.12. The second-order valence-electron chi connectivity index (χ2n) is 7.36. The van der Waals surface area contributed by atoms with Gasteiger partial charge in [0.25, 0.3) is 11.8 Å². The number of rotatable bonds is 4. The zero-order valence-electron chi connectivity index (χ0n) is 17.8. The van der Waals surface area contributed by atoms with Crippen LogP contribution in [0.25, 0.3) is 21.3 Å². The third kappa shape index (κ3) is 4.55. The highest BCUT2D eigenvalue weighted by atomic mass is 79.9. The second-order valence-corrected chi connectivity index (χ2v) is 9.15. The van der Waals surface area contributed by atoms with Gasteiger partial charge in [-0.05, 0) is 33.1 Å². The lowest BCUT2D eigenvalue weighted by molar-refractivity contribution is -0.144. The van der Waals surface area contributed by atoms with E-state index in [1.165, 1.54) is 12.1 Å². The van der Waals surface area contributed by atoms with Crippen LogP contribution in [0.15, 0.2) is 40.9 Å². The molecule has 0 aliphatic rings. The zero-order valence-corrected chi connectivity index (χ0v) is 20.2. The molecule has 3 N–H and O–H groups in total. The van der Waals surface area contributed by atoms with Crippen molar-refractivity contribution in [3.05, 3.63) is 62.8 Å². The van der Waals surface area contributed by atoms with Gasteiger partial charge in [0.2, 0.25) is 0 Å². The van der Waals surface area contributed by atoms with Crippen LogP contribution in [0.3, 0.4) is 0 Å². The van der Waals surface area contributed by atoms with E-state index >= 15 is 0 Å². The maximum absolute atomic E-state index is 13.6. The largest absolute Gasteiger partial charge is 0.434 e. The van der Waals surface area contributed by atoms with Crippen molar-refractivity contribution in [1.29, 1.82) is 0 Å². The van der Waals surface area contributed by atoms with Crippen LogP contribution in [0.4, 0.5) is 32.0 Å². The van der Waals surface area contributed by atoms with Gasteiger partial charge < -0.3 is 11.1 Å². The number of thiophene rings is 1. The van der Waals surface area contributed by atoms with Gasteiger partial charge in [0.1, 0.15) is 15.4 Å². The number of pyridine rings is 1. The number of benzene rings is 1. The molecule has 2 amide bonds. The van der Waals surface area contributed by atoms with Gasteiger partial charge >= 0.3 is 12.4 Å².